The van der Waals surface area contributed by atoms with Gasteiger partial charge in [-0.15, -0.1) is 0 Å². The van der Waals surface area contributed by atoms with E-state index in [1.807, 2.05) is 13.0 Å². The molecule has 0 aromatic carbocycles. The number of allylic oxidation sites excluding steroid dienone is 3. The first-order valence-electron chi connectivity index (χ1n) is 1.58. The van der Waals surface area contributed by atoms with Crippen molar-refractivity contribution in [2.45, 2.75) is 6.92 Å². The van der Waals surface area contributed by atoms with Crippen molar-refractivity contribution >= 4 is 0 Å². The fourth-order valence-electron chi connectivity index (χ4n) is 0.111. The van der Waals surface area contributed by atoms with Gasteiger partial charge in [0.2, 0.25) is 0 Å². The second-order valence-electron chi connectivity index (χ2n) is 0.718. The molecule has 0 aliphatic carbocycles. The van der Waals surface area contributed by atoms with Crippen molar-refractivity contribution < 1.29 is 17.4 Å². The average molecular weight is 119 g/mol. The van der Waals surface area contributed by atoms with Crippen LogP contribution in [-0.2, 0) is 17.4 Å². The van der Waals surface area contributed by atoms with Crippen LogP contribution in [0.2, 0.25) is 0 Å². The zero-order valence-corrected chi connectivity index (χ0v) is 4.99. The molecular weight excluding hydrogens is 112 g/mol. The summed E-state index contributed by atoms with van der Waals surface area (Å²) in [5.74, 6) is 0. The van der Waals surface area contributed by atoms with Crippen LogP contribution in [-0.4, -0.2) is 0 Å². The van der Waals surface area contributed by atoms with E-state index >= 15 is 0 Å². The smallest absolute Gasteiger partial charge is 0 e. The fourth-order valence-corrected chi connectivity index (χ4v) is 0.111. The van der Waals surface area contributed by atoms with Gasteiger partial charge in [-0.2, -0.15) is 6.08 Å². The molecule has 6 heavy (non-hydrogen) atoms. The average Bonchev–Trinajstić information content (AvgIpc) is 1.41. The minimum absolute atomic E-state index is 0. The van der Waals surface area contributed by atoms with Gasteiger partial charge in [-0.3, -0.25) is 6.58 Å². The Morgan fingerprint density at radius 2 is 2.00 bits per heavy atom. The first-order chi connectivity index (χ1) is 2.41. The van der Waals surface area contributed by atoms with Crippen LogP contribution in [0.25, 0.3) is 0 Å². The fraction of sp³-hybridized carbons (Fsp3) is 0.200. The van der Waals surface area contributed by atoms with Gasteiger partial charge < -0.3 is 0 Å². The van der Waals surface area contributed by atoms with Crippen molar-refractivity contribution in [1.29, 1.82) is 0 Å². The summed E-state index contributed by atoms with van der Waals surface area (Å²) >= 11 is 0. The minimum atomic E-state index is 0. The Hall–Kier alpha value is 0.0125. The minimum Gasteiger partial charge on any atom is -0.293 e. The van der Waals surface area contributed by atoms with E-state index in [1.54, 1.807) is 6.08 Å². The van der Waals surface area contributed by atoms with E-state index in [0.717, 1.165) is 0 Å². The van der Waals surface area contributed by atoms with Gasteiger partial charge in [-0.25, -0.2) is 12.2 Å². The predicted octanol–water partition coefficient (Wildman–Crippen LogP) is 1.55. The molecule has 0 fully saturated rings. The molecular formula is C5H7Cr-. The first kappa shape index (κ1) is 9.38. The van der Waals surface area contributed by atoms with E-state index in [-0.39, 0.29) is 17.4 Å². The Morgan fingerprint density at radius 1 is 1.50 bits per heavy atom. The largest absolute Gasteiger partial charge is 0.293 e. The van der Waals surface area contributed by atoms with Gasteiger partial charge in [0.15, 0.2) is 0 Å². The van der Waals surface area contributed by atoms with E-state index in [9.17, 15) is 0 Å². The second-order valence-corrected chi connectivity index (χ2v) is 0.718. The molecule has 0 aromatic heterocycles. The SMILES string of the molecule is [CH-]=CC=CC.[Cr]. The van der Waals surface area contributed by atoms with Crippen LogP contribution in [0.5, 0.6) is 0 Å². The molecule has 0 aliphatic heterocycles. The Morgan fingerprint density at radius 3 is 2.00 bits per heavy atom. The molecule has 0 N–H and O–H groups in total. The Bertz CT molecular complexity index is 45.9. The van der Waals surface area contributed by atoms with E-state index in [0.29, 0.717) is 0 Å². The van der Waals surface area contributed by atoms with Crippen LogP contribution in [0.1, 0.15) is 6.92 Å². The zero-order chi connectivity index (χ0) is 4.12. The normalized spacial score (nSPS) is 7.50. The molecule has 0 saturated carbocycles. The standard InChI is InChI=1S/C5H7.Cr/c1-3-5-4-2;/h1,3-5H,2H3;/q-1;. The second kappa shape index (κ2) is 8.89. The zero-order valence-electron chi connectivity index (χ0n) is 3.72. The van der Waals surface area contributed by atoms with Gasteiger partial charge in [-0.05, 0) is 0 Å². The third-order valence-electron chi connectivity index (χ3n) is 0.304. The number of rotatable bonds is 1. The molecule has 0 unspecified atom stereocenters. The van der Waals surface area contributed by atoms with Crippen LogP contribution < -0.4 is 0 Å². The molecule has 0 saturated heterocycles. The molecule has 0 aliphatic rings. The molecule has 34 valence electrons. The van der Waals surface area contributed by atoms with Gasteiger partial charge in [0, 0.05) is 17.4 Å². The van der Waals surface area contributed by atoms with E-state index in [2.05, 4.69) is 0 Å². The van der Waals surface area contributed by atoms with Gasteiger partial charge in [-0.1, -0.05) is 6.92 Å². The summed E-state index contributed by atoms with van der Waals surface area (Å²) in [5.41, 5.74) is 0. The van der Waals surface area contributed by atoms with Crippen molar-refractivity contribution in [1.82, 2.24) is 0 Å². The monoisotopic (exact) mass is 119 g/mol. The van der Waals surface area contributed by atoms with Crippen LogP contribution in [0.4, 0.5) is 0 Å². The van der Waals surface area contributed by atoms with Crippen molar-refractivity contribution in [2.75, 3.05) is 0 Å². The number of hydrogen-bond acceptors (Lipinski definition) is 0. The molecule has 0 nitrogen and oxygen atoms in total. The van der Waals surface area contributed by atoms with Crippen LogP contribution in [0.3, 0.4) is 0 Å². The van der Waals surface area contributed by atoms with E-state index in [4.69, 9.17) is 6.58 Å². The first-order valence-corrected chi connectivity index (χ1v) is 1.58. The molecule has 0 aromatic rings. The summed E-state index contributed by atoms with van der Waals surface area (Å²) < 4.78 is 0. The summed E-state index contributed by atoms with van der Waals surface area (Å²) in [5, 5.41) is 0. The summed E-state index contributed by atoms with van der Waals surface area (Å²) in [6.07, 6.45) is 5.15. The quantitative estimate of drug-likeness (QED) is 0.363. The van der Waals surface area contributed by atoms with E-state index in [1.165, 1.54) is 6.08 Å². The van der Waals surface area contributed by atoms with Gasteiger partial charge >= 0.3 is 0 Å². The predicted molar refractivity (Wildman–Crippen MR) is 23.7 cm³/mol. The summed E-state index contributed by atoms with van der Waals surface area (Å²) in [6, 6.07) is 0. The molecule has 1 heteroatoms. The van der Waals surface area contributed by atoms with Gasteiger partial charge in [0.1, 0.15) is 0 Å². The molecule has 0 rings (SSSR count). The molecule has 0 radical (unpaired) electrons. The van der Waals surface area contributed by atoms with Crippen molar-refractivity contribution in [3.05, 3.63) is 24.8 Å². The Labute approximate surface area is 49.7 Å². The van der Waals surface area contributed by atoms with Crippen molar-refractivity contribution in [3.8, 4) is 0 Å². The topological polar surface area (TPSA) is 0 Å². The Kier molecular flexibility index (Phi) is 13.9. The Balaban J connectivity index is 0. The van der Waals surface area contributed by atoms with Gasteiger partial charge in [0.05, 0.1) is 0 Å². The maximum Gasteiger partial charge on any atom is 0 e. The summed E-state index contributed by atoms with van der Waals surface area (Å²) in [7, 11) is 0. The molecule has 0 spiro atoms. The maximum absolute atomic E-state index is 4.93. The van der Waals surface area contributed by atoms with Crippen LogP contribution in [0, 0.1) is 6.58 Å². The molecule has 0 heterocycles. The maximum atomic E-state index is 4.93. The third-order valence-corrected chi connectivity index (χ3v) is 0.304. The third kappa shape index (κ3) is 8.99. The summed E-state index contributed by atoms with van der Waals surface area (Å²) in [4.78, 5) is 0. The molecule has 0 atom stereocenters. The van der Waals surface area contributed by atoms with Gasteiger partial charge in [0.25, 0.3) is 0 Å². The number of hydrogen-bond donors (Lipinski definition) is 0. The van der Waals surface area contributed by atoms with Crippen molar-refractivity contribution in [3.63, 3.8) is 0 Å². The molecule has 0 amide bonds. The summed E-state index contributed by atoms with van der Waals surface area (Å²) in [6.45, 7) is 6.85. The van der Waals surface area contributed by atoms with Crippen LogP contribution >= 0.6 is 0 Å². The van der Waals surface area contributed by atoms with Crippen LogP contribution in [0.15, 0.2) is 18.2 Å². The van der Waals surface area contributed by atoms with Crippen molar-refractivity contribution in [2.24, 2.45) is 0 Å². The molecule has 0 bridgehead atoms. The van der Waals surface area contributed by atoms with E-state index < -0.39 is 0 Å².